The average molecular weight is 256 g/mol. The number of halogens is 2. The molecule has 17 heavy (non-hydrogen) atoms. The molecule has 0 saturated carbocycles. The van der Waals surface area contributed by atoms with E-state index in [4.69, 9.17) is 4.52 Å². The van der Waals surface area contributed by atoms with E-state index in [0.717, 1.165) is 13.0 Å². The fourth-order valence-corrected chi connectivity index (χ4v) is 1.62. The molecule has 4 nitrogen and oxygen atoms in total. The molecule has 0 unspecified atom stereocenters. The van der Waals surface area contributed by atoms with E-state index < -0.39 is 0 Å². The fourth-order valence-electron chi connectivity index (χ4n) is 1.62. The Morgan fingerprint density at radius 1 is 1.41 bits per heavy atom. The van der Waals surface area contributed by atoms with Gasteiger partial charge in [-0.15, -0.1) is 12.4 Å². The summed E-state index contributed by atoms with van der Waals surface area (Å²) in [5, 5.41) is 7.01. The highest BCUT2D eigenvalue weighted by atomic mass is 35.5. The molecule has 90 valence electrons. The Labute approximate surface area is 104 Å². The molecule has 1 aliphatic heterocycles. The second-order valence-corrected chi connectivity index (χ2v) is 3.76. The number of nitrogens with zero attached hydrogens (tertiary/aromatic N) is 2. The first-order valence-electron chi connectivity index (χ1n) is 5.16. The molecule has 1 aromatic carbocycles. The Kier molecular flexibility index (Phi) is 3.40. The van der Waals surface area contributed by atoms with Gasteiger partial charge < -0.3 is 9.84 Å². The van der Waals surface area contributed by atoms with E-state index in [2.05, 4.69) is 15.5 Å². The first-order chi connectivity index (χ1) is 7.83. The largest absolute Gasteiger partial charge is 0.337 e. The van der Waals surface area contributed by atoms with Gasteiger partial charge in [0.25, 0.3) is 0 Å². The molecular weight excluding hydrogens is 245 g/mol. The van der Waals surface area contributed by atoms with Gasteiger partial charge in [-0.1, -0.05) is 17.3 Å². The van der Waals surface area contributed by atoms with Crippen LogP contribution in [0.1, 0.15) is 18.4 Å². The van der Waals surface area contributed by atoms with Crippen LogP contribution < -0.4 is 5.32 Å². The number of rotatable bonds is 2. The third-order valence-electron chi connectivity index (χ3n) is 2.65. The van der Waals surface area contributed by atoms with E-state index in [1.54, 1.807) is 12.1 Å². The highest BCUT2D eigenvalue weighted by molar-refractivity contribution is 5.85. The van der Waals surface area contributed by atoms with Crippen LogP contribution in [0.5, 0.6) is 0 Å². The first-order valence-corrected chi connectivity index (χ1v) is 5.16. The summed E-state index contributed by atoms with van der Waals surface area (Å²) in [6.07, 6.45) is 1.00. The SMILES string of the molecule is Cl.Fc1cccc(-c2noc([C@@H]3CCN3)n2)c1. The number of nitrogens with one attached hydrogen (secondary N) is 1. The second kappa shape index (κ2) is 4.81. The summed E-state index contributed by atoms with van der Waals surface area (Å²) in [5.41, 5.74) is 0.634. The molecule has 1 fully saturated rings. The van der Waals surface area contributed by atoms with Gasteiger partial charge in [0.2, 0.25) is 11.7 Å². The Bertz CT molecular complexity index is 513. The van der Waals surface area contributed by atoms with Crippen molar-refractivity contribution in [2.24, 2.45) is 0 Å². The standard InChI is InChI=1S/C11H10FN3O.ClH/c12-8-3-1-2-7(6-8)10-14-11(16-15-10)9-4-5-13-9;/h1-3,6,9,13H,4-5H2;1H/t9-;/m0./s1. The Balaban J connectivity index is 0.00000108. The van der Waals surface area contributed by atoms with Crippen LogP contribution >= 0.6 is 12.4 Å². The highest BCUT2D eigenvalue weighted by Crippen LogP contribution is 2.24. The Morgan fingerprint density at radius 2 is 2.24 bits per heavy atom. The van der Waals surface area contributed by atoms with Crippen molar-refractivity contribution in [2.45, 2.75) is 12.5 Å². The van der Waals surface area contributed by atoms with Crippen molar-refractivity contribution in [3.05, 3.63) is 36.0 Å². The number of hydrogen-bond acceptors (Lipinski definition) is 4. The molecule has 0 bridgehead atoms. The van der Waals surface area contributed by atoms with Crippen LogP contribution in [0.15, 0.2) is 28.8 Å². The lowest BCUT2D eigenvalue weighted by molar-refractivity contribution is 0.273. The van der Waals surface area contributed by atoms with Crippen molar-refractivity contribution in [1.29, 1.82) is 0 Å². The minimum atomic E-state index is -0.300. The van der Waals surface area contributed by atoms with Crippen molar-refractivity contribution in [3.8, 4) is 11.4 Å². The van der Waals surface area contributed by atoms with Crippen molar-refractivity contribution < 1.29 is 8.91 Å². The minimum absolute atomic E-state index is 0. The minimum Gasteiger partial charge on any atom is -0.337 e. The van der Waals surface area contributed by atoms with Crippen molar-refractivity contribution in [2.75, 3.05) is 6.54 Å². The van der Waals surface area contributed by atoms with Gasteiger partial charge in [-0.2, -0.15) is 4.98 Å². The van der Waals surface area contributed by atoms with Crippen LogP contribution in [0.3, 0.4) is 0 Å². The summed E-state index contributed by atoms with van der Waals surface area (Å²) in [5.74, 6) is 0.708. The van der Waals surface area contributed by atoms with Crippen LogP contribution in [-0.4, -0.2) is 16.7 Å². The number of hydrogen-bond donors (Lipinski definition) is 1. The van der Waals surface area contributed by atoms with Crippen LogP contribution in [0.25, 0.3) is 11.4 Å². The molecule has 3 rings (SSSR count). The summed E-state index contributed by atoms with van der Waals surface area (Å²) < 4.78 is 18.1. The van der Waals surface area contributed by atoms with Gasteiger partial charge in [-0.25, -0.2) is 4.39 Å². The quantitative estimate of drug-likeness (QED) is 0.895. The Morgan fingerprint density at radius 3 is 2.88 bits per heavy atom. The highest BCUT2D eigenvalue weighted by Gasteiger charge is 2.24. The molecule has 1 atom stereocenters. The summed E-state index contributed by atoms with van der Waals surface area (Å²) >= 11 is 0. The zero-order valence-electron chi connectivity index (χ0n) is 8.89. The average Bonchev–Trinajstić information content (AvgIpc) is 2.64. The van der Waals surface area contributed by atoms with Crippen molar-refractivity contribution >= 4 is 12.4 Å². The monoisotopic (exact) mass is 255 g/mol. The third-order valence-corrected chi connectivity index (χ3v) is 2.65. The maximum Gasteiger partial charge on any atom is 0.244 e. The summed E-state index contributed by atoms with van der Waals surface area (Å²) in [6, 6.07) is 6.32. The molecule has 6 heteroatoms. The van der Waals surface area contributed by atoms with Crippen molar-refractivity contribution in [3.63, 3.8) is 0 Å². The predicted molar refractivity (Wildman–Crippen MR) is 62.3 cm³/mol. The van der Waals surface area contributed by atoms with Crippen LogP contribution in [0.2, 0.25) is 0 Å². The first kappa shape index (κ1) is 12.0. The maximum absolute atomic E-state index is 13.0. The second-order valence-electron chi connectivity index (χ2n) is 3.76. The molecule has 0 amide bonds. The zero-order valence-corrected chi connectivity index (χ0v) is 9.71. The van der Waals surface area contributed by atoms with Gasteiger partial charge in [0.05, 0.1) is 6.04 Å². The van der Waals surface area contributed by atoms with Gasteiger partial charge in [-0.05, 0) is 25.1 Å². The molecule has 2 heterocycles. The zero-order chi connectivity index (χ0) is 11.0. The van der Waals surface area contributed by atoms with Gasteiger partial charge >= 0.3 is 0 Å². The number of benzene rings is 1. The number of aromatic nitrogens is 2. The lowest BCUT2D eigenvalue weighted by atomic mass is 10.1. The van der Waals surface area contributed by atoms with Crippen LogP contribution in [0, 0.1) is 5.82 Å². The lowest BCUT2D eigenvalue weighted by Gasteiger charge is -2.23. The van der Waals surface area contributed by atoms with E-state index in [-0.39, 0.29) is 24.3 Å². The predicted octanol–water partition coefficient (Wildman–Crippen LogP) is 2.33. The van der Waals surface area contributed by atoms with E-state index in [1.165, 1.54) is 12.1 Å². The molecule has 1 aliphatic rings. The summed E-state index contributed by atoms with van der Waals surface area (Å²) in [7, 11) is 0. The maximum atomic E-state index is 13.0. The lowest BCUT2D eigenvalue weighted by Crippen LogP contribution is -2.35. The molecule has 0 spiro atoms. The van der Waals surface area contributed by atoms with E-state index in [0.29, 0.717) is 17.3 Å². The molecule has 1 N–H and O–H groups in total. The topological polar surface area (TPSA) is 51.0 Å². The summed E-state index contributed by atoms with van der Waals surface area (Å²) in [4.78, 5) is 4.24. The van der Waals surface area contributed by atoms with Gasteiger partial charge in [0.15, 0.2) is 0 Å². The molecular formula is C11H11ClFN3O. The fraction of sp³-hybridized carbons (Fsp3) is 0.273. The smallest absolute Gasteiger partial charge is 0.244 e. The summed E-state index contributed by atoms with van der Waals surface area (Å²) in [6.45, 7) is 0.975. The molecule has 2 aromatic rings. The van der Waals surface area contributed by atoms with Crippen LogP contribution in [-0.2, 0) is 0 Å². The van der Waals surface area contributed by atoms with E-state index in [9.17, 15) is 4.39 Å². The van der Waals surface area contributed by atoms with Gasteiger partial charge in [-0.3, -0.25) is 0 Å². The molecule has 1 saturated heterocycles. The molecule has 0 radical (unpaired) electrons. The Hall–Kier alpha value is -1.46. The molecule has 0 aliphatic carbocycles. The van der Waals surface area contributed by atoms with Crippen LogP contribution in [0.4, 0.5) is 4.39 Å². The molecule has 1 aromatic heterocycles. The van der Waals surface area contributed by atoms with Gasteiger partial charge in [0, 0.05) is 5.56 Å². The van der Waals surface area contributed by atoms with Crippen molar-refractivity contribution in [1.82, 2.24) is 15.5 Å². The van der Waals surface area contributed by atoms with E-state index >= 15 is 0 Å². The van der Waals surface area contributed by atoms with E-state index in [1.807, 2.05) is 0 Å². The normalized spacial score (nSPS) is 18.3. The van der Waals surface area contributed by atoms with Gasteiger partial charge in [0.1, 0.15) is 5.82 Å². The third kappa shape index (κ3) is 2.30.